The molecule has 0 spiro atoms. The first-order valence-corrected chi connectivity index (χ1v) is 14.6. The summed E-state index contributed by atoms with van der Waals surface area (Å²) in [6.45, 7) is 24.9. The maximum atomic E-state index is 11.0. The van der Waals surface area contributed by atoms with Crippen molar-refractivity contribution >= 4 is 82.7 Å². The van der Waals surface area contributed by atoms with Crippen molar-refractivity contribution in [2.45, 2.75) is 112 Å². The predicted octanol–water partition coefficient (Wildman–Crippen LogP) is 4.94. The van der Waals surface area contributed by atoms with Gasteiger partial charge in [-0.3, -0.25) is 4.79 Å². The van der Waals surface area contributed by atoms with Gasteiger partial charge in [0.2, 0.25) is 0 Å². The van der Waals surface area contributed by atoms with E-state index in [2.05, 4.69) is 52.6 Å². The topological polar surface area (TPSA) is 136 Å². The van der Waals surface area contributed by atoms with Gasteiger partial charge in [-0.2, -0.15) is 0 Å². The Kier molecular flexibility index (Phi) is 23.2. The van der Waals surface area contributed by atoms with Gasteiger partial charge >= 0.3 is 0 Å². The van der Waals surface area contributed by atoms with Gasteiger partial charge in [-0.1, -0.05) is 108 Å². The predicted molar refractivity (Wildman–Crippen MR) is 212 cm³/mol. The van der Waals surface area contributed by atoms with Crippen LogP contribution in [0.15, 0.2) is 29.4 Å². The van der Waals surface area contributed by atoms with E-state index in [9.17, 15) is 15.0 Å². The first-order chi connectivity index (χ1) is 20.2. The van der Waals surface area contributed by atoms with Gasteiger partial charge < -0.3 is 20.6 Å². The number of nitrogens with zero attached hydrogens (tertiary/aromatic N) is 1. The van der Waals surface area contributed by atoms with Crippen LogP contribution in [0.5, 0.6) is 11.5 Å². The Balaban J connectivity index is -0.000000299. The number of nitrogens with two attached hydrogens (primary N) is 1. The molecule has 0 bridgehead atoms. The second-order valence-corrected chi connectivity index (χ2v) is 15.0. The lowest BCUT2D eigenvalue weighted by Gasteiger charge is -2.26. The molecule has 16 heteroatoms. The third kappa shape index (κ3) is 17.2. The van der Waals surface area contributed by atoms with E-state index in [4.69, 9.17) is 49.1 Å². The van der Waals surface area contributed by atoms with Crippen molar-refractivity contribution in [2.75, 3.05) is 0 Å². The summed E-state index contributed by atoms with van der Waals surface area (Å²) in [7, 11) is 25.8. The van der Waals surface area contributed by atoms with Crippen LogP contribution in [0.25, 0.3) is 0 Å². The maximum Gasteiger partial charge on any atom is 0.153 e. The zero-order chi connectivity index (χ0) is 36.3. The molecule has 0 aliphatic heterocycles. The maximum absolute atomic E-state index is 11.0. The molecule has 0 saturated heterocycles. The highest BCUT2D eigenvalue weighted by molar-refractivity contribution is 7.89. The molecule has 0 saturated carbocycles. The van der Waals surface area contributed by atoms with Crippen LogP contribution < -0.4 is 5.90 Å². The Morgan fingerprint density at radius 2 is 0.936 bits per heavy atom. The number of benzene rings is 2. The molecule has 0 aliphatic rings. The highest BCUT2D eigenvalue weighted by Crippen LogP contribution is 2.38. The van der Waals surface area contributed by atoms with Crippen molar-refractivity contribution in [3.63, 3.8) is 0 Å². The van der Waals surface area contributed by atoms with Gasteiger partial charge in [0.15, 0.2) is 6.29 Å². The molecule has 0 fully saturated rings. The summed E-state index contributed by atoms with van der Waals surface area (Å²) in [4.78, 5) is 11.0. The van der Waals surface area contributed by atoms with Gasteiger partial charge in [-0.05, 0) is 44.9 Å². The lowest BCUT2D eigenvalue weighted by molar-refractivity contribution is 0.112. The van der Waals surface area contributed by atoms with E-state index in [-0.39, 0.29) is 53.0 Å². The molecule has 7 nitrogen and oxygen atoms in total. The summed E-state index contributed by atoms with van der Waals surface area (Å²) >= 11 is 0. The van der Waals surface area contributed by atoms with Crippen molar-refractivity contribution in [3.05, 3.63) is 57.6 Å². The van der Waals surface area contributed by atoms with Crippen LogP contribution >= 0.6 is 12.4 Å². The molecule has 0 atom stereocenters. The fraction of sp³-hybridized carbons (Fsp3) is 0.548. The largest absolute Gasteiger partial charge is 0.507 e. The number of phenols is 2. The number of phenolic OH excluding ortho intramolecular Hbond substituents is 2. The third-order valence-electron chi connectivity index (χ3n) is 6.84. The van der Waals surface area contributed by atoms with Crippen molar-refractivity contribution in [1.29, 1.82) is 0 Å². The molecule has 2 aromatic carbocycles. The quantitative estimate of drug-likeness (QED) is 0.104. The number of oxime groups is 1. The van der Waals surface area contributed by atoms with Gasteiger partial charge in [0.1, 0.15) is 11.5 Å². The van der Waals surface area contributed by atoms with Crippen molar-refractivity contribution in [1.82, 2.24) is 0 Å². The Morgan fingerprint density at radius 1 is 0.638 bits per heavy atom. The van der Waals surface area contributed by atoms with Gasteiger partial charge in [0.25, 0.3) is 0 Å². The average Bonchev–Trinajstić information content (AvgIpc) is 2.88. The second kappa shape index (κ2) is 21.1. The van der Waals surface area contributed by atoms with Crippen LogP contribution in [-0.4, -0.2) is 91.0 Å². The van der Waals surface area contributed by atoms with Crippen LogP contribution in [0.3, 0.4) is 0 Å². The minimum atomic E-state index is -0.630. The Bertz CT molecular complexity index is 1250. The number of halogens is 1. The number of carbonyl (C=O) groups excluding carboxylic acids is 1. The number of carbonyl (C=O) groups is 1. The summed E-state index contributed by atoms with van der Waals surface area (Å²) in [5.74, 6) is 3.80. The van der Waals surface area contributed by atoms with E-state index in [1.54, 1.807) is 6.07 Å². The number of hydrogen-bond acceptors (Lipinski definition) is 7. The highest BCUT2D eigenvalue weighted by atomic mass is 35.5. The molecule has 0 unspecified atom stereocenters. The van der Waals surface area contributed by atoms with E-state index < -0.39 is 19.2 Å². The molecule has 2 rings (SSSR count). The fourth-order valence-corrected chi connectivity index (χ4v) is 3.83. The number of aromatic hydroxyl groups is 2. The molecule has 0 amide bonds. The lowest BCUT2D eigenvalue weighted by atomic mass is 8.68. The van der Waals surface area contributed by atoms with Crippen molar-refractivity contribution < 1.29 is 25.4 Å². The summed E-state index contributed by atoms with van der Waals surface area (Å²) in [6.07, 6.45) is 0.222. The van der Waals surface area contributed by atoms with Gasteiger partial charge in [0.05, 0.1) is 11.8 Å². The first-order valence-electron chi connectivity index (χ1n) is 14.6. The molecule has 0 aromatic heterocycles. The highest BCUT2D eigenvalue weighted by Gasteiger charge is 2.26. The minimum absolute atomic E-state index is 0. The van der Waals surface area contributed by atoms with Crippen LogP contribution in [0, 0.1) is 0 Å². The number of rotatable bonds is 4. The van der Waals surface area contributed by atoms with Gasteiger partial charge in [-0.15, -0.1) is 12.4 Å². The molecule has 47 heavy (non-hydrogen) atoms. The SMILES string of the molecule is C.CC(C)(C)c1cc(/C=N/O)c(O)c(C(C)(C)C)c1.CC(C)(C)c1cc(C=O)c(O)c(C(C)(C)C)c1.Cl.NO.[B]B([B])B([B])B([B])[B]. The van der Waals surface area contributed by atoms with E-state index in [0.717, 1.165) is 28.5 Å². The average molecular weight is 656 g/mol. The molecule has 6 N–H and O–H groups in total. The number of hydrogen-bond donors (Lipinski definition) is 5. The molecule has 248 valence electrons. The summed E-state index contributed by atoms with van der Waals surface area (Å²) in [5.41, 5.74) is 4.40. The van der Waals surface area contributed by atoms with E-state index in [0.29, 0.717) is 11.1 Å². The van der Waals surface area contributed by atoms with Crippen LogP contribution in [0.2, 0.25) is 0 Å². The second-order valence-electron chi connectivity index (χ2n) is 15.0. The standard InChI is InChI=1S/C15H23NO2.C15H22O2.CH4.B8.ClH.H3NO/c1-14(2,3)11-7-10(9-16-18)13(17)12(8-11)15(4,5)6;1-14(2,3)11-7-10(9-16)13(17)12(8-11)15(4,5)6;;1-6(2)8(5)7(3)4;;1-2/h7-9,17-18H,1-6H3;7-9,17H,1-6H3;1H4;;1H;2H,1H2/b16-9+;;;;;. The Hall–Kier alpha value is -2.09. The van der Waals surface area contributed by atoms with Crippen LogP contribution in [0.4, 0.5) is 0 Å². The summed E-state index contributed by atoms with van der Waals surface area (Å²) < 4.78 is 0. The van der Waals surface area contributed by atoms with Gasteiger partial charge in [-0.25, -0.2) is 5.90 Å². The van der Waals surface area contributed by atoms with Crippen LogP contribution in [-0.2, 0) is 21.7 Å². The van der Waals surface area contributed by atoms with E-state index >= 15 is 0 Å². The minimum Gasteiger partial charge on any atom is -0.507 e. The fourth-order valence-electron chi connectivity index (χ4n) is 3.83. The van der Waals surface area contributed by atoms with Gasteiger partial charge in [0, 0.05) is 74.5 Å². The van der Waals surface area contributed by atoms with Crippen LogP contribution in [0.1, 0.15) is 129 Å². The molecular formula is C31H53B8ClN2O5. The monoisotopic (exact) mass is 656 g/mol. The smallest absolute Gasteiger partial charge is 0.153 e. The zero-order valence-electron chi connectivity index (χ0n) is 29.7. The summed E-state index contributed by atoms with van der Waals surface area (Å²) in [6, 6.07) is 7.67. The third-order valence-corrected chi connectivity index (χ3v) is 6.84. The van der Waals surface area contributed by atoms with Crippen molar-refractivity contribution in [3.8, 4) is 11.5 Å². The van der Waals surface area contributed by atoms with E-state index in [1.807, 2.05) is 59.7 Å². The Morgan fingerprint density at radius 3 is 1.15 bits per heavy atom. The normalized spacial score (nSPS) is 11.1. The molecule has 2 aromatic rings. The molecular weight excluding hydrogens is 602 g/mol. The van der Waals surface area contributed by atoms with E-state index in [1.165, 1.54) is 6.21 Å². The summed E-state index contributed by atoms with van der Waals surface area (Å²) in [5, 5.41) is 38.5. The molecule has 0 heterocycles. The molecule has 0 aliphatic carbocycles. The van der Waals surface area contributed by atoms with Crippen molar-refractivity contribution in [2.24, 2.45) is 11.1 Å². The number of aldehydes is 1. The molecule has 10 radical (unpaired) electrons. The first kappa shape index (κ1) is 51.7. The zero-order valence-corrected chi connectivity index (χ0v) is 30.5. The lowest BCUT2D eigenvalue weighted by Crippen LogP contribution is -2.52. The Labute approximate surface area is 299 Å².